The zero-order valence-electron chi connectivity index (χ0n) is 13.4. The number of carbonyl (C=O) groups excluding carboxylic acids is 1. The average Bonchev–Trinajstić information content (AvgIpc) is 2.63. The van der Waals surface area contributed by atoms with Crippen molar-refractivity contribution in [3.05, 3.63) is 60.3 Å². The average molecular weight is 336 g/mol. The lowest BCUT2D eigenvalue weighted by molar-refractivity contribution is 0.0998. The number of carbonyl (C=O) groups is 1. The van der Waals surface area contributed by atoms with Crippen LogP contribution in [0, 0.1) is 0 Å². The van der Waals surface area contributed by atoms with Crippen molar-refractivity contribution in [3.8, 4) is 22.8 Å². The number of primary amides is 1. The predicted octanol–water partition coefficient (Wildman–Crippen LogP) is 2.70. The maximum absolute atomic E-state index is 11.4. The van der Waals surface area contributed by atoms with Gasteiger partial charge in [0.1, 0.15) is 11.5 Å². The first-order chi connectivity index (χ1) is 12.1. The van der Waals surface area contributed by atoms with Gasteiger partial charge < -0.3 is 20.9 Å². The fourth-order valence-electron chi connectivity index (χ4n) is 2.28. The van der Waals surface area contributed by atoms with Gasteiger partial charge in [0.05, 0.1) is 18.4 Å². The molecule has 1 heterocycles. The summed E-state index contributed by atoms with van der Waals surface area (Å²) in [7, 11) is 1.60. The molecule has 7 heteroatoms. The van der Waals surface area contributed by atoms with Crippen LogP contribution in [0.25, 0.3) is 11.3 Å². The Bertz CT molecular complexity index is 910. The minimum absolute atomic E-state index is 0.0424. The van der Waals surface area contributed by atoms with E-state index in [1.807, 2.05) is 24.3 Å². The summed E-state index contributed by atoms with van der Waals surface area (Å²) in [6.45, 7) is 0. The number of amides is 1. The lowest BCUT2D eigenvalue weighted by Gasteiger charge is -2.08. The van der Waals surface area contributed by atoms with Crippen LogP contribution in [0.3, 0.4) is 0 Å². The molecule has 0 bridgehead atoms. The zero-order chi connectivity index (χ0) is 17.8. The van der Waals surface area contributed by atoms with Crippen LogP contribution in [0.1, 0.15) is 10.4 Å². The first-order valence-electron chi connectivity index (χ1n) is 7.44. The normalized spacial score (nSPS) is 10.3. The van der Waals surface area contributed by atoms with Gasteiger partial charge in [0.15, 0.2) is 0 Å². The van der Waals surface area contributed by atoms with E-state index in [2.05, 4.69) is 15.3 Å². The molecule has 0 atom stereocenters. The number of methoxy groups -OCH3 is 1. The molecule has 0 saturated carbocycles. The van der Waals surface area contributed by atoms with Gasteiger partial charge in [-0.05, 0) is 48.5 Å². The summed E-state index contributed by atoms with van der Waals surface area (Å²) in [6.07, 6.45) is 1.60. The molecule has 25 heavy (non-hydrogen) atoms. The smallest absolute Gasteiger partial charge is 0.252 e. The number of benzene rings is 2. The molecule has 0 radical (unpaired) electrons. The number of aromatic nitrogens is 2. The third kappa shape index (κ3) is 3.66. The molecule has 1 aromatic heterocycles. The summed E-state index contributed by atoms with van der Waals surface area (Å²) in [6, 6.07) is 13.6. The number of nitrogens with zero attached hydrogens (tertiary/aromatic N) is 2. The fraction of sp³-hybridized carbons (Fsp3) is 0.0556. The third-order valence-corrected chi connectivity index (χ3v) is 3.56. The Morgan fingerprint density at radius 3 is 2.60 bits per heavy atom. The number of aromatic hydroxyl groups is 1. The number of phenols is 1. The number of rotatable bonds is 5. The number of hydrogen-bond donors (Lipinski definition) is 3. The SMILES string of the molecule is COc1ccc(Nc2nccc(-c3ccc(O)c(C(N)=O)c3)n2)cc1. The molecule has 0 aliphatic carbocycles. The van der Waals surface area contributed by atoms with Crippen molar-refractivity contribution in [2.45, 2.75) is 0 Å². The van der Waals surface area contributed by atoms with Crippen molar-refractivity contribution in [1.82, 2.24) is 9.97 Å². The van der Waals surface area contributed by atoms with Gasteiger partial charge in [0.2, 0.25) is 5.95 Å². The summed E-state index contributed by atoms with van der Waals surface area (Å²) in [5.41, 5.74) is 7.35. The van der Waals surface area contributed by atoms with Gasteiger partial charge in [-0.15, -0.1) is 0 Å². The molecular weight excluding hydrogens is 320 g/mol. The molecule has 4 N–H and O–H groups in total. The minimum Gasteiger partial charge on any atom is -0.507 e. The quantitative estimate of drug-likeness (QED) is 0.661. The van der Waals surface area contributed by atoms with Crippen molar-refractivity contribution in [2.24, 2.45) is 5.73 Å². The highest BCUT2D eigenvalue weighted by atomic mass is 16.5. The molecule has 126 valence electrons. The van der Waals surface area contributed by atoms with E-state index in [4.69, 9.17) is 10.5 Å². The zero-order valence-corrected chi connectivity index (χ0v) is 13.4. The Balaban J connectivity index is 1.88. The van der Waals surface area contributed by atoms with Gasteiger partial charge >= 0.3 is 0 Å². The highest BCUT2D eigenvalue weighted by Crippen LogP contribution is 2.25. The summed E-state index contributed by atoms with van der Waals surface area (Å²) in [5.74, 6) is 0.284. The molecule has 2 aromatic carbocycles. The minimum atomic E-state index is -0.704. The van der Waals surface area contributed by atoms with Crippen LogP contribution in [-0.4, -0.2) is 28.1 Å². The number of nitrogens with two attached hydrogens (primary N) is 1. The molecule has 0 saturated heterocycles. The second-order valence-corrected chi connectivity index (χ2v) is 5.22. The maximum atomic E-state index is 11.4. The molecule has 0 fully saturated rings. The molecule has 1 amide bonds. The Morgan fingerprint density at radius 2 is 1.92 bits per heavy atom. The van der Waals surface area contributed by atoms with E-state index in [9.17, 15) is 9.90 Å². The van der Waals surface area contributed by atoms with E-state index < -0.39 is 5.91 Å². The third-order valence-electron chi connectivity index (χ3n) is 3.56. The number of anilines is 2. The maximum Gasteiger partial charge on any atom is 0.252 e. The van der Waals surface area contributed by atoms with Crippen LogP contribution in [0.15, 0.2) is 54.7 Å². The lowest BCUT2D eigenvalue weighted by Crippen LogP contribution is -2.11. The van der Waals surface area contributed by atoms with Gasteiger partial charge in [-0.2, -0.15) is 0 Å². The summed E-state index contributed by atoms with van der Waals surface area (Å²) in [4.78, 5) is 20.0. The highest BCUT2D eigenvalue weighted by molar-refractivity contribution is 5.96. The van der Waals surface area contributed by atoms with E-state index in [0.717, 1.165) is 11.4 Å². The lowest BCUT2D eigenvalue weighted by atomic mass is 10.1. The molecule has 3 rings (SSSR count). The molecule has 0 spiro atoms. The van der Waals surface area contributed by atoms with E-state index >= 15 is 0 Å². The van der Waals surface area contributed by atoms with Crippen LogP contribution >= 0.6 is 0 Å². The van der Waals surface area contributed by atoms with Crippen LogP contribution in [0.2, 0.25) is 0 Å². The van der Waals surface area contributed by atoms with E-state index in [0.29, 0.717) is 17.2 Å². The topological polar surface area (TPSA) is 110 Å². The van der Waals surface area contributed by atoms with Crippen molar-refractivity contribution in [3.63, 3.8) is 0 Å². The molecular formula is C18H16N4O3. The van der Waals surface area contributed by atoms with Crippen LogP contribution in [0.4, 0.5) is 11.6 Å². The van der Waals surface area contributed by atoms with Gasteiger partial charge in [-0.3, -0.25) is 4.79 Å². The van der Waals surface area contributed by atoms with Crippen LogP contribution < -0.4 is 15.8 Å². The summed E-state index contributed by atoms with van der Waals surface area (Å²) in [5, 5.41) is 12.8. The Labute approximate surface area is 144 Å². The standard InChI is InChI=1S/C18H16N4O3/c1-25-13-5-3-12(4-6-13)21-18-20-9-8-15(22-18)11-2-7-16(23)14(10-11)17(19)24/h2-10,23H,1H3,(H2,19,24)(H,20,21,22). The second-order valence-electron chi connectivity index (χ2n) is 5.22. The van der Waals surface area contributed by atoms with Gasteiger partial charge in [0, 0.05) is 17.4 Å². The van der Waals surface area contributed by atoms with Crippen molar-refractivity contribution in [1.29, 1.82) is 0 Å². The van der Waals surface area contributed by atoms with Crippen LogP contribution in [0.5, 0.6) is 11.5 Å². The molecule has 7 nitrogen and oxygen atoms in total. The van der Waals surface area contributed by atoms with Gasteiger partial charge in [-0.1, -0.05) is 0 Å². The van der Waals surface area contributed by atoms with Crippen molar-refractivity contribution < 1.29 is 14.6 Å². The Kier molecular flexibility index (Phi) is 4.47. The van der Waals surface area contributed by atoms with Crippen molar-refractivity contribution in [2.75, 3.05) is 12.4 Å². The molecule has 0 unspecified atom stereocenters. The van der Waals surface area contributed by atoms with Crippen LogP contribution in [-0.2, 0) is 0 Å². The second kappa shape index (κ2) is 6.88. The molecule has 3 aromatic rings. The van der Waals surface area contributed by atoms with Gasteiger partial charge in [-0.25, -0.2) is 9.97 Å². The summed E-state index contributed by atoms with van der Waals surface area (Å²) < 4.78 is 5.12. The Hall–Kier alpha value is -3.61. The predicted molar refractivity (Wildman–Crippen MR) is 93.9 cm³/mol. The van der Waals surface area contributed by atoms with E-state index in [1.54, 1.807) is 25.4 Å². The molecule has 0 aliphatic rings. The number of ether oxygens (including phenoxy) is 1. The fourth-order valence-corrected chi connectivity index (χ4v) is 2.28. The summed E-state index contributed by atoms with van der Waals surface area (Å²) >= 11 is 0. The first-order valence-corrected chi connectivity index (χ1v) is 7.44. The van der Waals surface area contributed by atoms with Crippen molar-refractivity contribution >= 4 is 17.5 Å². The number of hydrogen-bond acceptors (Lipinski definition) is 6. The number of nitrogens with one attached hydrogen (secondary N) is 1. The Morgan fingerprint density at radius 1 is 1.16 bits per heavy atom. The van der Waals surface area contributed by atoms with E-state index in [1.165, 1.54) is 12.1 Å². The van der Waals surface area contributed by atoms with E-state index in [-0.39, 0.29) is 11.3 Å². The largest absolute Gasteiger partial charge is 0.507 e. The highest BCUT2D eigenvalue weighted by Gasteiger charge is 2.10. The van der Waals surface area contributed by atoms with Gasteiger partial charge in [0.25, 0.3) is 5.91 Å². The monoisotopic (exact) mass is 336 g/mol. The first kappa shape index (κ1) is 16.3. The molecule has 0 aliphatic heterocycles.